The molecule has 0 saturated heterocycles. The van der Waals surface area contributed by atoms with Crippen LogP contribution >= 0.6 is 11.3 Å². The maximum absolute atomic E-state index is 4.87. The lowest BCUT2D eigenvalue weighted by Crippen LogP contribution is -2.19. The number of thiazole rings is 1. The Morgan fingerprint density at radius 1 is 0.900 bits per heavy atom. The lowest BCUT2D eigenvalue weighted by molar-refractivity contribution is 0.358. The highest BCUT2D eigenvalue weighted by molar-refractivity contribution is 7.18. The van der Waals surface area contributed by atoms with E-state index in [0.29, 0.717) is 5.92 Å². The lowest BCUT2D eigenvalue weighted by atomic mass is 9.77. The van der Waals surface area contributed by atoms with Gasteiger partial charge < -0.3 is 0 Å². The third-order valence-corrected chi connectivity index (χ3v) is 4.66. The van der Waals surface area contributed by atoms with Gasteiger partial charge in [-0.2, -0.15) is 0 Å². The van der Waals surface area contributed by atoms with E-state index in [9.17, 15) is 0 Å². The van der Waals surface area contributed by atoms with Gasteiger partial charge in [-0.25, -0.2) is 4.98 Å². The van der Waals surface area contributed by atoms with E-state index in [1.165, 1.54) is 15.3 Å². The number of aromatic nitrogens is 1. The molecule has 0 aliphatic rings. The summed E-state index contributed by atoms with van der Waals surface area (Å²) in [5.74, 6) is 0.334. The highest BCUT2D eigenvalue weighted by Gasteiger charge is 2.30. The van der Waals surface area contributed by atoms with Gasteiger partial charge in [-0.3, -0.25) is 0 Å². The molecule has 1 nitrogen and oxygen atoms in total. The van der Waals surface area contributed by atoms with Gasteiger partial charge in [0.2, 0.25) is 0 Å². The first-order valence-electron chi connectivity index (χ1n) is 6.96. The number of nitrogens with zero attached hydrogens (tertiary/aromatic N) is 1. The van der Waals surface area contributed by atoms with Crippen LogP contribution in [0.2, 0.25) is 0 Å². The fraction of sp³-hybridized carbons (Fsp3) is 0.278. The van der Waals surface area contributed by atoms with E-state index in [2.05, 4.69) is 75.4 Å². The second-order valence-electron chi connectivity index (χ2n) is 6.23. The Labute approximate surface area is 124 Å². The van der Waals surface area contributed by atoms with Crippen molar-refractivity contribution >= 4 is 21.6 Å². The Hall–Kier alpha value is -1.67. The summed E-state index contributed by atoms with van der Waals surface area (Å²) in [7, 11) is 0. The van der Waals surface area contributed by atoms with Crippen molar-refractivity contribution in [2.75, 3.05) is 0 Å². The zero-order chi connectivity index (χ0) is 14.2. The van der Waals surface area contributed by atoms with Crippen LogP contribution in [0.15, 0.2) is 54.6 Å². The fourth-order valence-electron chi connectivity index (χ4n) is 2.67. The van der Waals surface area contributed by atoms with Gasteiger partial charge in [-0.05, 0) is 23.1 Å². The summed E-state index contributed by atoms with van der Waals surface area (Å²) < 4.78 is 1.27. The zero-order valence-corrected chi connectivity index (χ0v) is 12.9. The molecule has 3 rings (SSSR count). The number of rotatable bonds is 2. The smallest absolute Gasteiger partial charge is 0.102 e. The highest BCUT2D eigenvalue weighted by atomic mass is 32.1. The molecule has 0 fully saturated rings. The second-order valence-corrected chi connectivity index (χ2v) is 7.29. The largest absolute Gasteiger partial charge is 0.241 e. The molecule has 0 aliphatic heterocycles. The maximum atomic E-state index is 4.87. The number of para-hydroxylation sites is 1. The Morgan fingerprint density at radius 3 is 2.20 bits per heavy atom. The summed E-state index contributed by atoms with van der Waals surface area (Å²) in [4.78, 5) is 4.87. The molecule has 0 amide bonds. The van der Waals surface area contributed by atoms with Gasteiger partial charge in [-0.1, -0.05) is 63.2 Å². The van der Waals surface area contributed by atoms with E-state index in [0.717, 1.165) is 5.52 Å². The Balaban J connectivity index is 2.15. The van der Waals surface area contributed by atoms with Crippen LogP contribution in [-0.4, -0.2) is 4.98 Å². The first-order chi connectivity index (χ1) is 9.55. The predicted molar refractivity (Wildman–Crippen MR) is 87.4 cm³/mol. The molecule has 0 bridgehead atoms. The number of benzene rings is 2. The summed E-state index contributed by atoms with van der Waals surface area (Å²) in [6.07, 6.45) is 0. The van der Waals surface area contributed by atoms with E-state index in [1.807, 2.05) is 11.3 Å². The Morgan fingerprint density at radius 2 is 1.55 bits per heavy atom. The molecule has 2 heteroatoms. The molecule has 1 unspecified atom stereocenters. The fourth-order valence-corrected chi connectivity index (χ4v) is 4.01. The monoisotopic (exact) mass is 281 g/mol. The number of hydrogen-bond acceptors (Lipinski definition) is 2. The van der Waals surface area contributed by atoms with Crippen molar-refractivity contribution in [2.24, 2.45) is 5.41 Å². The minimum Gasteiger partial charge on any atom is -0.241 e. The second kappa shape index (κ2) is 5.02. The average molecular weight is 281 g/mol. The van der Waals surface area contributed by atoms with Crippen molar-refractivity contribution in [2.45, 2.75) is 26.7 Å². The molecule has 0 N–H and O–H groups in total. The van der Waals surface area contributed by atoms with Gasteiger partial charge in [0.1, 0.15) is 5.01 Å². The summed E-state index contributed by atoms with van der Waals surface area (Å²) >= 11 is 1.82. The third-order valence-electron chi connectivity index (χ3n) is 3.56. The molecule has 1 heterocycles. The Bertz CT molecular complexity index is 674. The third kappa shape index (κ3) is 2.48. The van der Waals surface area contributed by atoms with Crippen molar-refractivity contribution in [3.8, 4) is 0 Å². The SMILES string of the molecule is CC(C)(C)C(c1ccccc1)c1nc2ccccc2s1. The summed E-state index contributed by atoms with van der Waals surface area (Å²) in [5.41, 5.74) is 2.60. The summed E-state index contributed by atoms with van der Waals surface area (Å²) in [6, 6.07) is 19.1. The first-order valence-corrected chi connectivity index (χ1v) is 7.78. The van der Waals surface area contributed by atoms with E-state index >= 15 is 0 Å². The van der Waals surface area contributed by atoms with E-state index in [4.69, 9.17) is 4.98 Å². The van der Waals surface area contributed by atoms with Gasteiger partial charge in [0.15, 0.2) is 0 Å². The minimum absolute atomic E-state index is 0.148. The standard InChI is InChI=1S/C18H19NS/c1-18(2,3)16(13-9-5-4-6-10-13)17-19-14-11-7-8-12-15(14)20-17/h4-12,16H,1-3H3. The van der Waals surface area contributed by atoms with Crippen LogP contribution in [0.1, 0.15) is 37.3 Å². The molecule has 0 aliphatic carbocycles. The predicted octanol–water partition coefficient (Wildman–Crippen LogP) is 5.47. The molecule has 0 saturated carbocycles. The highest BCUT2D eigenvalue weighted by Crippen LogP contribution is 2.42. The van der Waals surface area contributed by atoms with E-state index < -0.39 is 0 Å². The molecule has 1 atom stereocenters. The Kier molecular flexibility index (Phi) is 3.35. The quantitative estimate of drug-likeness (QED) is 0.606. The summed E-state index contributed by atoms with van der Waals surface area (Å²) in [6.45, 7) is 6.87. The van der Waals surface area contributed by atoms with Crippen molar-refractivity contribution in [3.05, 3.63) is 65.2 Å². The molecule has 0 spiro atoms. The van der Waals surface area contributed by atoms with E-state index in [1.54, 1.807) is 0 Å². The molecule has 0 radical (unpaired) electrons. The van der Waals surface area contributed by atoms with Crippen molar-refractivity contribution < 1.29 is 0 Å². The van der Waals surface area contributed by atoms with Gasteiger partial charge in [0.25, 0.3) is 0 Å². The molecule has 3 aromatic rings. The van der Waals surface area contributed by atoms with Crippen LogP contribution in [-0.2, 0) is 0 Å². The van der Waals surface area contributed by atoms with Crippen molar-refractivity contribution in [3.63, 3.8) is 0 Å². The maximum Gasteiger partial charge on any atom is 0.102 e. The average Bonchev–Trinajstić information content (AvgIpc) is 2.81. The van der Waals surface area contributed by atoms with Crippen LogP contribution in [0.5, 0.6) is 0 Å². The molecule has 102 valence electrons. The molecule has 2 aromatic carbocycles. The van der Waals surface area contributed by atoms with Crippen LogP contribution in [0.25, 0.3) is 10.2 Å². The van der Waals surface area contributed by atoms with E-state index in [-0.39, 0.29) is 5.41 Å². The lowest BCUT2D eigenvalue weighted by Gasteiger charge is -2.29. The molecular weight excluding hydrogens is 262 g/mol. The van der Waals surface area contributed by atoms with Crippen LogP contribution < -0.4 is 0 Å². The van der Waals surface area contributed by atoms with Gasteiger partial charge in [-0.15, -0.1) is 11.3 Å². The molecular formula is C18H19NS. The zero-order valence-electron chi connectivity index (χ0n) is 12.1. The van der Waals surface area contributed by atoms with Crippen molar-refractivity contribution in [1.82, 2.24) is 4.98 Å². The van der Waals surface area contributed by atoms with Gasteiger partial charge in [0, 0.05) is 5.92 Å². The molecule has 20 heavy (non-hydrogen) atoms. The topological polar surface area (TPSA) is 12.9 Å². The van der Waals surface area contributed by atoms with Gasteiger partial charge >= 0.3 is 0 Å². The van der Waals surface area contributed by atoms with Crippen LogP contribution in [0, 0.1) is 5.41 Å². The normalized spacial score (nSPS) is 13.6. The molecule has 1 aromatic heterocycles. The number of fused-ring (bicyclic) bond motifs is 1. The van der Waals surface area contributed by atoms with Crippen LogP contribution in [0.4, 0.5) is 0 Å². The number of hydrogen-bond donors (Lipinski definition) is 0. The van der Waals surface area contributed by atoms with Crippen LogP contribution in [0.3, 0.4) is 0 Å². The van der Waals surface area contributed by atoms with Gasteiger partial charge in [0.05, 0.1) is 10.2 Å². The first kappa shape index (κ1) is 13.3. The minimum atomic E-state index is 0.148. The van der Waals surface area contributed by atoms with Crippen molar-refractivity contribution in [1.29, 1.82) is 0 Å². The summed E-state index contributed by atoms with van der Waals surface area (Å²) in [5, 5.41) is 1.21.